The SMILES string of the molecule is CCOc1ccccc1CNC(=O)CN(c1ccc(Cl)cc1)S(=O)(=O)c1ccccc1. The molecule has 8 heteroatoms. The van der Waals surface area contributed by atoms with Crippen LogP contribution in [-0.4, -0.2) is 27.5 Å². The second-order valence-electron chi connectivity index (χ2n) is 6.62. The van der Waals surface area contributed by atoms with Crippen LogP contribution in [-0.2, 0) is 21.4 Å². The van der Waals surface area contributed by atoms with E-state index in [1.165, 1.54) is 12.1 Å². The summed E-state index contributed by atoms with van der Waals surface area (Å²) in [6.45, 7) is 2.23. The lowest BCUT2D eigenvalue weighted by molar-refractivity contribution is -0.119. The van der Waals surface area contributed by atoms with Crippen molar-refractivity contribution < 1.29 is 17.9 Å². The molecular formula is C23H23ClN2O4S. The van der Waals surface area contributed by atoms with Crippen LogP contribution >= 0.6 is 11.6 Å². The van der Waals surface area contributed by atoms with Gasteiger partial charge in [0, 0.05) is 17.1 Å². The molecule has 1 amide bonds. The fraction of sp³-hybridized carbons (Fsp3) is 0.174. The van der Waals surface area contributed by atoms with E-state index < -0.39 is 15.9 Å². The molecule has 1 N–H and O–H groups in total. The average Bonchev–Trinajstić information content (AvgIpc) is 2.78. The summed E-state index contributed by atoms with van der Waals surface area (Å²) in [5.74, 6) is 0.234. The highest BCUT2D eigenvalue weighted by molar-refractivity contribution is 7.92. The summed E-state index contributed by atoms with van der Waals surface area (Å²) in [5.41, 5.74) is 1.15. The molecule has 6 nitrogen and oxygen atoms in total. The molecule has 3 rings (SSSR count). The molecule has 3 aromatic rings. The molecule has 0 aliphatic rings. The number of benzene rings is 3. The second kappa shape index (κ2) is 10.3. The highest BCUT2D eigenvalue weighted by atomic mass is 35.5. The molecule has 0 aromatic heterocycles. The van der Waals surface area contributed by atoms with Crippen molar-refractivity contribution in [3.63, 3.8) is 0 Å². The number of ether oxygens (including phenoxy) is 1. The van der Waals surface area contributed by atoms with Crippen LogP contribution in [0.3, 0.4) is 0 Å². The summed E-state index contributed by atoms with van der Waals surface area (Å²) in [4.78, 5) is 12.8. The van der Waals surface area contributed by atoms with Crippen molar-refractivity contribution in [2.45, 2.75) is 18.4 Å². The van der Waals surface area contributed by atoms with Gasteiger partial charge in [-0.15, -0.1) is 0 Å². The van der Waals surface area contributed by atoms with Crippen molar-refractivity contribution in [2.24, 2.45) is 0 Å². The lowest BCUT2D eigenvalue weighted by Crippen LogP contribution is -2.40. The van der Waals surface area contributed by atoms with Crippen LogP contribution in [0.25, 0.3) is 0 Å². The molecule has 0 bridgehead atoms. The number of hydrogen-bond acceptors (Lipinski definition) is 4. The second-order valence-corrected chi connectivity index (χ2v) is 8.92. The molecule has 0 aliphatic carbocycles. The number of carbonyl (C=O) groups is 1. The average molecular weight is 459 g/mol. The highest BCUT2D eigenvalue weighted by Gasteiger charge is 2.27. The number of carbonyl (C=O) groups excluding carboxylic acids is 1. The van der Waals surface area contributed by atoms with E-state index in [9.17, 15) is 13.2 Å². The molecule has 0 fully saturated rings. The van der Waals surface area contributed by atoms with Gasteiger partial charge in [0.15, 0.2) is 0 Å². The largest absolute Gasteiger partial charge is 0.494 e. The fourth-order valence-corrected chi connectivity index (χ4v) is 4.54. The quantitative estimate of drug-likeness (QED) is 0.520. The summed E-state index contributed by atoms with van der Waals surface area (Å²) in [7, 11) is -3.96. The maximum Gasteiger partial charge on any atom is 0.264 e. The molecule has 162 valence electrons. The van der Waals surface area contributed by atoms with Crippen LogP contribution in [0.1, 0.15) is 12.5 Å². The fourth-order valence-electron chi connectivity index (χ4n) is 2.97. The van der Waals surface area contributed by atoms with E-state index in [0.717, 1.165) is 9.87 Å². The molecule has 31 heavy (non-hydrogen) atoms. The maximum absolute atomic E-state index is 13.3. The zero-order valence-electron chi connectivity index (χ0n) is 17.0. The van der Waals surface area contributed by atoms with Gasteiger partial charge in [-0.25, -0.2) is 8.42 Å². The summed E-state index contributed by atoms with van der Waals surface area (Å²) in [6, 6.07) is 21.7. The Bertz CT molecular complexity index is 1120. The first-order valence-corrected chi connectivity index (χ1v) is 11.5. The number of hydrogen-bond donors (Lipinski definition) is 1. The van der Waals surface area contributed by atoms with Gasteiger partial charge in [0.1, 0.15) is 12.3 Å². The number of rotatable bonds is 9. The molecule has 0 aliphatic heterocycles. The summed E-state index contributed by atoms with van der Waals surface area (Å²) in [5, 5.41) is 3.25. The van der Waals surface area contributed by atoms with Gasteiger partial charge in [-0.05, 0) is 49.4 Å². The highest BCUT2D eigenvalue weighted by Crippen LogP contribution is 2.25. The van der Waals surface area contributed by atoms with Crippen molar-refractivity contribution in [3.8, 4) is 5.75 Å². The third-order valence-corrected chi connectivity index (χ3v) is 6.52. The van der Waals surface area contributed by atoms with Gasteiger partial charge in [0.2, 0.25) is 5.91 Å². The summed E-state index contributed by atoms with van der Waals surface area (Å²) < 4.78 is 33.2. The molecule has 0 unspecified atom stereocenters. The minimum absolute atomic E-state index is 0.0967. The van der Waals surface area contributed by atoms with Crippen molar-refractivity contribution >= 4 is 33.2 Å². The predicted octanol–water partition coefficient (Wildman–Crippen LogP) is 4.25. The summed E-state index contributed by atoms with van der Waals surface area (Å²) in [6.07, 6.45) is 0. The molecule has 0 heterocycles. The van der Waals surface area contributed by atoms with Crippen LogP contribution in [0.15, 0.2) is 83.8 Å². The van der Waals surface area contributed by atoms with Crippen LogP contribution in [0.5, 0.6) is 5.75 Å². The number of sulfonamides is 1. The van der Waals surface area contributed by atoms with Crippen LogP contribution in [0, 0.1) is 0 Å². The zero-order chi connectivity index (χ0) is 22.3. The van der Waals surface area contributed by atoms with Crippen molar-refractivity contribution in [2.75, 3.05) is 17.5 Å². The Labute approximate surface area is 187 Å². The number of nitrogens with one attached hydrogen (secondary N) is 1. The van der Waals surface area contributed by atoms with E-state index in [1.807, 2.05) is 31.2 Å². The monoisotopic (exact) mass is 458 g/mol. The number of para-hydroxylation sites is 1. The summed E-state index contributed by atoms with van der Waals surface area (Å²) >= 11 is 5.95. The van der Waals surface area contributed by atoms with Crippen molar-refractivity contribution in [1.82, 2.24) is 5.32 Å². The number of anilines is 1. The van der Waals surface area contributed by atoms with Gasteiger partial charge in [-0.3, -0.25) is 9.10 Å². The van der Waals surface area contributed by atoms with Gasteiger partial charge < -0.3 is 10.1 Å². The van der Waals surface area contributed by atoms with E-state index in [4.69, 9.17) is 16.3 Å². The molecule has 0 spiro atoms. The van der Waals surface area contributed by atoms with Gasteiger partial charge in [0.25, 0.3) is 10.0 Å². The van der Waals surface area contributed by atoms with Gasteiger partial charge in [-0.2, -0.15) is 0 Å². The molecule has 0 saturated heterocycles. The Morgan fingerprint density at radius 1 is 0.968 bits per heavy atom. The zero-order valence-corrected chi connectivity index (χ0v) is 18.6. The Morgan fingerprint density at radius 3 is 2.29 bits per heavy atom. The van der Waals surface area contributed by atoms with Gasteiger partial charge >= 0.3 is 0 Å². The first kappa shape index (κ1) is 22.7. The number of amides is 1. The smallest absolute Gasteiger partial charge is 0.264 e. The normalized spacial score (nSPS) is 11.0. The van der Waals surface area contributed by atoms with Crippen LogP contribution < -0.4 is 14.4 Å². The third kappa shape index (κ3) is 5.77. The number of nitrogens with zero attached hydrogens (tertiary/aromatic N) is 1. The molecule has 0 saturated carbocycles. The Kier molecular flexibility index (Phi) is 7.55. The van der Waals surface area contributed by atoms with E-state index in [-0.39, 0.29) is 18.0 Å². The molecule has 0 atom stereocenters. The molecule has 0 radical (unpaired) electrons. The minimum Gasteiger partial charge on any atom is -0.494 e. The van der Waals surface area contributed by atoms with Gasteiger partial charge in [-0.1, -0.05) is 48.0 Å². The minimum atomic E-state index is -3.96. The standard InChI is InChI=1S/C23H23ClN2O4S/c1-2-30-22-11-7-6-8-18(22)16-25-23(27)17-26(20-14-12-19(24)13-15-20)31(28,29)21-9-4-3-5-10-21/h3-15H,2,16-17H2,1H3,(H,25,27). The van der Waals surface area contributed by atoms with Crippen molar-refractivity contribution in [3.05, 3.63) is 89.4 Å². The van der Waals surface area contributed by atoms with Crippen LogP contribution in [0.2, 0.25) is 5.02 Å². The lowest BCUT2D eigenvalue weighted by atomic mass is 10.2. The van der Waals surface area contributed by atoms with E-state index in [1.54, 1.807) is 42.5 Å². The van der Waals surface area contributed by atoms with Gasteiger partial charge in [0.05, 0.1) is 17.2 Å². The Morgan fingerprint density at radius 2 is 1.61 bits per heavy atom. The number of halogens is 1. The topological polar surface area (TPSA) is 75.7 Å². The lowest BCUT2D eigenvalue weighted by Gasteiger charge is -2.24. The maximum atomic E-state index is 13.3. The predicted molar refractivity (Wildman–Crippen MR) is 122 cm³/mol. The van der Waals surface area contributed by atoms with E-state index in [2.05, 4.69) is 5.32 Å². The molecule has 3 aromatic carbocycles. The Hall–Kier alpha value is -3.03. The van der Waals surface area contributed by atoms with Crippen molar-refractivity contribution in [1.29, 1.82) is 0 Å². The Balaban J connectivity index is 1.82. The first-order chi connectivity index (χ1) is 14.9. The van der Waals surface area contributed by atoms with E-state index in [0.29, 0.717) is 23.1 Å². The van der Waals surface area contributed by atoms with E-state index >= 15 is 0 Å². The van der Waals surface area contributed by atoms with Crippen LogP contribution in [0.4, 0.5) is 5.69 Å². The molecular weight excluding hydrogens is 436 g/mol. The third-order valence-electron chi connectivity index (χ3n) is 4.48. The first-order valence-electron chi connectivity index (χ1n) is 9.72.